The van der Waals surface area contributed by atoms with Crippen molar-refractivity contribution < 1.29 is 10.0 Å². The topological polar surface area (TPSA) is 75.7 Å². The van der Waals surface area contributed by atoms with Gasteiger partial charge in [-0.1, -0.05) is 15.9 Å². The fourth-order valence-electron chi connectivity index (χ4n) is 1.70. The number of nitrogens with zero attached hydrogens (tertiary/aromatic N) is 2. The first-order valence-corrected chi connectivity index (χ1v) is 6.54. The molecule has 0 fully saturated rings. The Morgan fingerprint density at radius 2 is 1.95 bits per heavy atom. The van der Waals surface area contributed by atoms with Crippen LogP contribution in [0.15, 0.2) is 45.9 Å². The summed E-state index contributed by atoms with van der Waals surface area (Å²) < 4.78 is 0.936. The first-order valence-electron chi connectivity index (χ1n) is 5.75. The number of nitro groups is 1. The largest absolute Gasteiger partial charge is 0.502 e. The predicted molar refractivity (Wildman–Crippen MR) is 80.9 cm³/mol. The molecule has 0 saturated carbocycles. The van der Waals surface area contributed by atoms with E-state index in [4.69, 9.17) is 0 Å². The molecule has 0 unspecified atom stereocenters. The van der Waals surface area contributed by atoms with Crippen molar-refractivity contribution in [3.8, 4) is 5.75 Å². The van der Waals surface area contributed by atoms with Gasteiger partial charge in [-0.15, -0.1) is 0 Å². The summed E-state index contributed by atoms with van der Waals surface area (Å²) in [5.74, 6) is -0.374. The highest BCUT2D eigenvalue weighted by Gasteiger charge is 2.16. The second-order valence-corrected chi connectivity index (χ2v) is 5.13. The maximum atomic E-state index is 10.8. The molecular weight excluding hydrogens is 324 g/mol. The second-order valence-electron chi connectivity index (χ2n) is 4.21. The van der Waals surface area contributed by atoms with Crippen molar-refractivity contribution in [3.05, 3.63) is 62.1 Å². The maximum Gasteiger partial charge on any atom is 0.311 e. The molecule has 102 valence electrons. The van der Waals surface area contributed by atoms with Crippen molar-refractivity contribution in [1.29, 1.82) is 0 Å². The van der Waals surface area contributed by atoms with Gasteiger partial charge in [-0.05, 0) is 42.8 Å². The number of aromatic hydroxyl groups is 1. The molecule has 0 heterocycles. The molecule has 2 rings (SSSR count). The fraction of sp³-hybridized carbons (Fsp3) is 0.0714. The van der Waals surface area contributed by atoms with E-state index in [2.05, 4.69) is 20.9 Å². The summed E-state index contributed by atoms with van der Waals surface area (Å²) in [5, 5.41) is 20.7. The Hall–Kier alpha value is -2.21. The van der Waals surface area contributed by atoms with Gasteiger partial charge < -0.3 is 5.11 Å². The van der Waals surface area contributed by atoms with E-state index in [1.54, 1.807) is 25.1 Å². The van der Waals surface area contributed by atoms with Crippen LogP contribution in [0.25, 0.3) is 0 Å². The van der Waals surface area contributed by atoms with E-state index in [0.29, 0.717) is 16.8 Å². The lowest BCUT2D eigenvalue weighted by Crippen LogP contribution is -1.93. The zero-order chi connectivity index (χ0) is 14.7. The van der Waals surface area contributed by atoms with E-state index in [-0.39, 0.29) is 11.4 Å². The lowest BCUT2D eigenvalue weighted by Gasteiger charge is -2.02. The smallest absolute Gasteiger partial charge is 0.311 e. The molecule has 20 heavy (non-hydrogen) atoms. The van der Waals surface area contributed by atoms with Crippen LogP contribution >= 0.6 is 15.9 Å². The third kappa shape index (κ3) is 3.21. The number of phenolic OH excluding ortho intramolecular Hbond substituents is 1. The van der Waals surface area contributed by atoms with E-state index in [1.165, 1.54) is 12.3 Å². The number of rotatable bonds is 3. The van der Waals surface area contributed by atoms with Gasteiger partial charge in [0, 0.05) is 22.3 Å². The molecule has 0 saturated heterocycles. The second kappa shape index (κ2) is 5.83. The molecule has 0 atom stereocenters. The predicted octanol–water partition coefficient (Wildman–Crippen LogP) is 4.12. The third-order valence-corrected chi connectivity index (χ3v) is 3.17. The number of benzene rings is 2. The number of hydrogen-bond acceptors (Lipinski definition) is 4. The van der Waals surface area contributed by atoms with E-state index in [0.717, 1.165) is 4.47 Å². The Bertz CT molecular complexity index is 682. The SMILES string of the molecule is Cc1cc(C=Nc2ccc(Br)cc2)c(O)c([N+](=O)[O-])c1. The van der Waals surface area contributed by atoms with Crippen molar-refractivity contribution in [2.75, 3.05) is 0 Å². The number of aliphatic imine (C=N–C) groups is 1. The molecule has 6 heteroatoms. The van der Waals surface area contributed by atoms with Gasteiger partial charge in [0.05, 0.1) is 10.6 Å². The Morgan fingerprint density at radius 3 is 2.55 bits per heavy atom. The molecule has 0 spiro atoms. The molecule has 0 bridgehead atoms. The van der Waals surface area contributed by atoms with Gasteiger partial charge in [-0.25, -0.2) is 0 Å². The van der Waals surface area contributed by atoms with Gasteiger partial charge >= 0.3 is 5.69 Å². The number of phenols is 1. The van der Waals surface area contributed by atoms with Crippen molar-refractivity contribution in [2.24, 2.45) is 4.99 Å². The van der Waals surface area contributed by atoms with E-state index < -0.39 is 4.92 Å². The van der Waals surface area contributed by atoms with E-state index >= 15 is 0 Å². The average Bonchev–Trinajstić information content (AvgIpc) is 2.41. The Kier molecular flexibility index (Phi) is 4.14. The van der Waals surface area contributed by atoms with Crippen molar-refractivity contribution in [3.63, 3.8) is 0 Å². The highest BCUT2D eigenvalue weighted by Crippen LogP contribution is 2.30. The molecule has 2 aromatic carbocycles. The summed E-state index contributed by atoms with van der Waals surface area (Å²) in [5.41, 5.74) is 1.38. The lowest BCUT2D eigenvalue weighted by molar-refractivity contribution is -0.385. The summed E-state index contributed by atoms with van der Waals surface area (Å²) in [6.07, 6.45) is 1.42. The van der Waals surface area contributed by atoms with Crippen molar-refractivity contribution in [1.82, 2.24) is 0 Å². The Labute approximate surface area is 123 Å². The summed E-state index contributed by atoms with van der Waals surface area (Å²) in [6.45, 7) is 1.73. The normalized spacial score (nSPS) is 10.9. The van der Waals surface area contributed by atoms with Crippen LogP contribution in [0.5, 0.6) is 5.75 Å². The molecule has 0 amide bonds. The summed E-state index contributed by atoms with van der Waals surface area (Å²) in [7, 11) is 0. The van der Waals surface area contributed by atoms with Crippen LogP contribution in [-0.2, 0) is 0 Å². The highest BCUT2D eigenvalue weighted by molar-refractivity contribution is 9.10. The van der Waals surface area contributed by atoms with Crippen LogP contribution in [0.2, 0.25) is 0 Å². The molecule has 0 radical (unpaired) electrons. The first-order chi connectivity index (χ1) is 9.47. The summed E-state index contributed by atoms with van der Waals surface area (Å²) in [6, 6.07) is 10.2. The molecule has 0 aliphatic rings. The van der Waals surface area contributed by atoms with Crippen LogP contribution in [0.4, 0.5) is 11.4 Å². The minimum absolute atomic E-state index is 0.317. The molecule has 0 aliphatic carbocycles. The average molecular weight is 335 g/mol. The number of aryl methyl sites for hydroxylation is 1. The maximum absolute atomic E-state index is 10.8. The van der Waals surface area contributed by atoms with Gasteiger partial charge in [0.1, 0.15) is 0 Å². The van der Waals surface area contributed by atoms with Crippen LogP contribution in [-0.4, -0.2) is 16.2 Å². The highest BCUT2D eigenvalue weighted by atomic mass is 79.9. The lowest BCUT2D eigenvalue weighted by atomic mass is 10.1. The van der Waals surface area contributed by atoms with Gasteiger partial charge in [0.2, 0.25) is 5.75 Å². The van der Waals surface area contributed by atoms with Gasteiger partial charge in [0.25, 0.3) is 0 Å². The molecule has 5 nitrogen and oxygen atoms in total. The van der Waals surface area contributed by atoms with Crippen LogP contribution in [0, 0.1) is 17.0 Å². The van der Waals surface area contributed by atoms with Gasteiger partial charge in [0.15, 0.2) is 0 Å². The Morgan fingerprint density at radius 1 is 1.30 bits per heavy atom. The third-order valence-electron chi connectivity index (χ3n) is 2.64. The number of halogens is 1. The standard InChI is InChI=1S/C14H11BrN2O3/c1-9-6-10(14(18)13(7-9)17(19)20)8-16-12-4-2-11(15)3-5-12/h2-8,18H,1H3. The van der Waals surface area contributed by atoms with Crippen LogP contribution in [0.3, 0.4) is 0 Å². The van der Waals surface area contributed by atoms with Gasteiger partial charge in [-0.2, -0.15) is 0 Å². The van der Waals surface area contributed by atoms with E-state index in [9.17, 15) is 15.2 Å². The summed E-state index contributed by atoms with van der Waals surface area (Å²) >= 11 is 3.32. The quantitative estimate of drug-likeness (QED) is 0.521. The minimum atomic E-state index is -0.612. The monoisotopic (exact) mass is 334 g/mol. The zero-order valence-electron chi connectivity index (χ0n) is 10.6. The van der Waals surface area contributed by atoms with Gasteiger partial charge in [-0.3, -0.25) is 15.1 Å². The summed E-state index contributed by atoms with van der Waals surface area (Å²) in [4.78, 5) is 14.4. The molecule has 1 N–H and O–H groups in total. The minimum Gasteiger partial charge on any atom is -0.502 e. The van der Waals surface area contributed by atoms with E-state index in [1.807, 2.05) is 12.1 Å². The molecule has 2 aromatic rings. The fourth-order valence-corrected chi connectivity index (χ4v) is 1.96. The molecular formula is C14H11BrN2O3. The number of nitro benzene ring substituents is 1. The number of hydrogen-bond donors (Lipinski definition) is 1. The van der Waals surface area contributed by atoms with Crippen LogP contribution < -0.4 is 0 Å². The first kappa shape index (κ1) is 14.2. The molecule has 0 aromatic heterocycles. The van der Waals surface area contributed by atoms with Crippen molar-refractivity contribution >= 4 is 33.5 Å². The Balaban J connectivity index is 2.38. The van der Waals surface area contributed by atoms with Crippen LogP contribution in [0.1, 0.15) is 11.1 Å². The molecule has 0 aliphatic heterocycles. The van der Waals surface area contributed by atoms with Crippen molar-refractivity contribution in [2.45, 2.75) is 6.92 Å². The zero-order valence-corrected chi connectivity index (χ0v) is 12.2.